The number of ether oxygens (including phenoxy) is 1. The number of hydrogen-bond donors (Lipinski definition) is 3. The van der Waals surface area contributed by atoms with Crippen LogP contribution in [-0.4, -0.2) is 51.7 Å². The predicted octanol–water partition coefficient (Wildman–Crippen LogP) is 0.0487. The Morgan fingerprint density at radius 3 is 2.39 bits per heavy atom. The van der Waals surface area contributed by atoms with E-state index < -0.39 is 5.97 Å². The SMILES string of the molecule is COC(=O)c1ccc(Cl)c(NC(=O)C[NH+]2CC[NH+](Cc3ccccc3)CC2)c1. The fourth-order valence-electron chi connectivity index (χ4n) is 3.48. The summed E-state index contributed by atoms with van der Waals surface area (Å²) in [5.41, 5.74) is 2.13. The van der Waals surface area contributed by atoms with E-state index in [0.717, 1.165) is 32.7 Å². The van der Waals surface area contributed by atoms with E-state index in [1.807, 2.05) is 6.07 Å². The molecule has 6 nitrogen and oxygen atoms in total. The van der Waals surface area contributed by atoms with E-state index in [-0.39, 0.29) is 5.91 Å². The number of benzene rings is 2. The number of anilines is 1. The van der Waals surface area contributed by atoms with E-state index in [9.17, 15) is 9.59 Å². The summed E-state index contributed by atoms with van der Waals surface area (Å²) in [5.74, 6) is -0.569. The van der Waals surface area contributed by atoms with Crippen molar-refractivity contribution in [1.29, 1.82) is 0 Å². The van der Waals surface area contributed by atoms with Gasteiger partial charge in [0.25, 0.3) is 5.91 Å². The highest BCUT2D eigenvalue weighted by Crippen LogP contribution is 2.23. The second-order valence-corrected chi connectivity index (χ2v) is 7.48. The molecular weight excluding hydrogens is 378 g/mol. The number of carbonyl (C=O) groups excluding carboxylic acids is 2. The average molecular weight is 404 g/mol. The normalized spacial score (nSPS) is 19.1. The summed E-state index contributed by atoms with van der Waals surface area (Å²) in [7, 11) is 1.32. The van der Waals surface area contributed by atoms with Crippen LogP contribution in [0.3, 0.4) is 0 Å². The molecule has 1 aliphatic rings. The van der Waals surface area contributed by atoms with Crippen molar-refractivity contribution in [3.8, 4) is 0 Å². The van der Waals surface area contributed by atoms with Gasteiger partial charge in [0.1, 0.15) is 32.7 Å². The van der Waals surface area contributed by atoms with Crippen molar-refractivity contribution in [2.45, 2.75) is 6.54 Å². The average Bonchev–Trinajstić information content (AvgIpc) is 2.71. The van der Waals surface area contributed by atoms with Gasteiger partial charge in [-0.15, -0.1) is 0 Å². The Hall–Kier alpha value is -2.41. The van der Waals surface area contributed by atoms with Crippen LogP contribution in [0.1, 0.15) is 15.9 Å². The smallest absolute Gasteiger partial charge is 0.337 e. The predicted molar refractivity (Wildman–Crippen MR) is 108 cm³/mol. The van der Waals surface area contributed by atoms with Crippen molar-refractivity contribution in [3.05, 3.63) is 64.7 Å². The largest absolute Gasteiger partial charge is 0.465 e. The van der Waals surface area contributed by atoms with Gasteiger partial charge < -0.3 is 19.9 Å². The molecule has 148 valence electrons. The van der Waals surface area contributed by atoms with Gasteiger partial charge in [-0.25, -0.2) is 4.79 Å². The summed E-state index contributed by atoms with van der Waals surface area (Å²) in [5, 5.41) is 3.22. The molecule has 0 radical (unpaired) electrons. The van der Waals surface area contributed by atoms with Gasteiger partial charge in [-0.05, 0) is 18.2 Å². The number of esters is 1. The molecule has 1 heterocycles. The number of amides is 1. The first kappa shape index (κ1) is 20.3. The number of hydrogen-bond acceptors (Lipinski definition) is 3. The maximum atomic E-state index is 12.4. The van der Waals surface area contributed by atoms with Crippen molar-refractivity contribution < 1.29 is 24.1 Å². The molecule has 3 N–H and O–H groups in total. The molecule has 7 heteroatoms. The van der Waals surface area contributed by atoms with Gasteiger partial charge in [0, 0.05) is 5.56 Å². The van der Waals surface area contributed by atoms with Crippen LogP contribution in [0.4, 0.5) is 5.69 Å². The molecule has 1 amide bonds. The molecule has 0 bridgehead atoms. The molecule has 2 aromatic rings. The molecule has 0 saturated carbocycles. The van der Waals surface area contributed by atoms with Crippen molar-refractivity contribution in [2.24, 2.45) is 0 Å². The first-order chi connectivity index (χ1) is 13.5. The highest BCUT2D eigenvalue weighted by atomic mass is 35.5. The van der Waals surface area contributed by atoms with Crippen molar-refractivity contribution in [2.75, 3.05) is 45.2 Å². The van der Waals surface area contributed by atoms with Gasteiger partial charge in [-0.3, -0.25) is 4.79 Å². The van der Waals surface area contributed by atoms with Crippen molar-refractivity contribution in [1.82, 2.24) is 0 Å². The second kappa shape index (κ2) is 9.68. The van der Waals surface area contributed by atoms with Gasteiger partial charge >= 0.3 is 5.97 Å². The third-order valence-corrected chi connectivity index (χ3v) is 5.36. The summed E-state index contributed by atoms with van der Waals surface area (Å²) < 4.78 is 4.71. The van der Waals surface area contributed by atoms with Gasteiger partial charge in [0.05, 0.1) is 23.4 Å². The van der Waals surface area contributed by atoms with Crippen LogP contribution in [0.25, 0.3) is 0 Å². The topological polar surface area (TPSA) is 64.3 Å². The Kier molecular flexibility index (Phi) is 7.03. The van der Waals surface area contributed by atoms with Gasteiger partial charge in [-0.2, -0.15) is 0 Å². The number of halogens is 1. The maximum absolute atomic E-state index is 12.4. The molecule has 1 fully saturated rings. The lowest BCUT2D eigenvalue weighted by molar-refractivity contribution is -1.02. The summed E-state index contributed by atoms with van der Waals surface area (Å²) in [6.07, 6.45) is 0. The van der Waals surface area contributed by atoms with E-state index in [1.54, 1.807) is 23.1 Å². The molecule has 0 aromatic heterocycles. The number of piperazine rings is 1. The van der Waals surface area contributed by atoms with E-state index in [4.69, 9.17) is 16.3 Å². The van der Waals surface area contributed by atoms with Crippen LogP contribution >= 0.6 is 11.6 Å². The van der Waals surface area contributed by atoms with E-state index in [1.165, 1.54) is 17.6 Å². The van der Waals surface area contributed by atoms with Gasteiger partial charge in [-0.1, -0.05) is 41.9 Å². The van der Waals surface area contributed by atoms with E-state index in [2.05, 4.69) is 29.6 Å². The van der Waals surface area contributed by atoms with Crippen molar-refractivity contribution in [3.63, 3.8) is 0 Å². The molecular formula is C21H26ClN3O3+2. The molecule has 3 rings (SSSR count). The minimum absolute atomic E-state index is 0.106. The third-order valence-electron chi connectivity index (χ3n) is 5.03. The molecule has 0 spiro atoms. The Bertz CT molecular complexity index is 821. The van der Waals surface area contributed by atoms with Crippen LogP contribution < -0.4 is 15.1 Å². The molecule has 0 unspecified atom stereocenters. The zero-order valence-electron chi connectivity index (χ0n) is 16.0. The lowest BCUT2D eigenvalue weighted by Gasteiger charge is -2.29. The number of carbonyl (C=O) groups is 2. The first-order valence-electron chi connectivity index (χ1n) is 9.44. The molecule has 28 heavy (non-hydrogen) atoms. The number of quaternary nitrogens is 2. The Labute approximate surface area is 170 Å². The number of rotatable bonds is 6. The monoisotopic (exact) mass is 403 g/mol. The van der Waals surface area contributed by atoms with Crippen LogP contribution in [0.5, 0.6) is 0 Å². The highest BCUT2D eigenvalue weighted by Gasteiger charge is 2.25. The summed E-state index contributed by atoms with van der Waals surface area (Å²) >= 11 is 6.15. The zero-order valence-corrected chi connectivity index (χ0v) is 16.7. The minimum atomic E-state index is -0.463. The number of methoxy groups -OCH3 is 1. The van der Waals surface area contributed by atoms with E-state index >= 15 is 0 Å². The molecule has 0 atom stereocenters. The van der Waals surface area contributed by atoms with Gasteiger partial charge in [0.15, 0.2) is 6.54 Å². The van der Waals surface area contributed by atoms with E-state index in [0.29, 0.717) is 22.8 Å². The van der Waals surface area contributed by atoms with Crippen LogP contribution in [0.15, 0.2) is 48.5 Å². The Morgan fingerprint density at radius 2 is 1.71 bits per heavy atom. The fraction of sp³-hybridized carbons (Fsp3) is 0.333. The molecule has 1 saturated heterocycles. The van der Waals surface area contributed by atoms with Crippen molar-refractivity contribution >= 4 is 29.2 Å². The summed E-state index contributed by atoms with van der Waals surface area (Å²) in [6.45, 7) is 5.39. The van der Waals surface area contributed by atoms with Crippen LogP contribution in [0, 0.1) is 0 Å². The summed E-state index contributed by atoms with van der Waals surface area (Å²) in [6, 6.07) is 15.2. The lowest BCUT2D eigenvalue weighted by atomic mass is 10.2. The summed E-state index contributed by atoms with van der Waals surface area (Å²) in [4.78, 5) is 26.9. The Balaban J connectivity index is 1.49. The quantitative estimate of drug-likeness (QED) is 0.597. The lowest BCUT2D eigenvalue weighted by Crippen LogP contribution is -3.28. The second-order valence-electron chi connectivity index (χ2n) is 7.07. The van der Waals surface area contributed by atoms with Gasteiger partial charge in [0.2, 0.25) is 0 Å². The molecule has 0 aliphatic carbocycles. The molecule has 1 aliphatic heterocycles. The molecule has 2 aromatic carbocycles. The minimum Gasteiger partial charge on any atom is -0.465 e. The van der Waals surface area contributed by atoms with Crippen LogP contribution in [-0.2, 0) is 16.1 Å². The Morgan fingerprint density at radius 1 is 1.04 bits per heavy atom. The standard InChI is InChI=1S/C21H24ClN3O3/c1-28-21(27)17-7-8-18(22)19(13-17)23-20(26)15-25-11-9-24(10-12-25)14-16-5-3-2-4-6-16/h2-8,13H,9-12,14-15H2,1H3,(H,23,26)/p+2. The number of nitrogens with one attached hydrogen (secondary N) is 3. The zero-order chi connectivity index (χ0) is 19.9. The highest BCUT2D eigenvalue weighted by molar-refractivity contribution is 6.33. The van der Waals surface area contributed by atoms with Crippen LogP contribution in [0.2, 0.25) is 5.02 Å². The third kappa shape index (κ3) is 5.55. The first-order valence-corrected chi connectivity index (χ1v) is 9.81. The maximum Gasteiger partial charge on any atom is 0.337 e. The fourth-order valence-corrected chi connectivity index (χ4v) is 3.65.